The number of rotatable bonds is 3. The lowest BCUT2D eigenvalue weighted by molar-refractivity contribution is -0.131. The molecule has 114 valence electrons. The smallest absolute Gasteiger partial charge is 0.236 e. The Morgan fingerprint density at radius 2 is 1.85 bits per heavy atom. The normalized spacial score (nSPS) is 15.2. The molecular formula is C13H20Cl3N3O. The molecule has 1 heterocycles. The molecule has 20 heavy (non-hydrogen) atoms. The van der Waals surface area contributed by atoms with Crippen LogP contribution in [0.15, 0.2) is 24.3 Å². The number of hydrogen-bond acceptors (Lipinski definition) is 3. The highest BCUT2D eigenvalue weighted by atomic mass is 35.5. The molecule has 2 rings (SSSR count). The highest BCUT2D eigenvalue weighted by Gasteiger charge is 2.19. The van der Waals surface area contributed by atoms with E-state index in [0.29, 0.717) is 0 Å². The van der Waals surface area contributed by atoms with Crippen molar-refractivity contribution in [2.45, 2.75) is 6.54 Å². The maximum atomic E-state index is 11.4. The van der Waals surface area contributed by atoms with Crippen molar-refractivity contribution in [3.05, 3.63) is 34.9 Å². The second-order valence-electron chi connectivity index (χ2n) is 4.49. The number of nitrogens with zero attached hydrogens (tertiary/aromatic N) is 2. The predicted molar refractivity (Wildman–Crippen MR) is 86.9 cm³/mol. The summed E-state index contributed by atoms with van der Waals surface area (Å²) in [5, 5.41) is 0.768. The van der Waals surface area contributed by atoms with Gasteiger partial charge in [0, 0.05) is 37.7 Å². The van der Waals surface area contributed by atoms with Crippen LogP contribution in [0.5, 0.6) is 0 Å². The average Bonchev–Trinajstić information content (AvgIpc) is 2.39. The summed E-state index contributed by atoms with van der Waals surface area (Å²) in [5.41, 5.74) is 6.57. The molecule has 0 aliphatic carbocycles. The first-order valence-corrected chi connectivity index (χ1v) is 6.51. The van der Waals surface area contributed by atoms with Crippen molar-refractivity contribution in [2.75, 3.05) is 32.7 Å². The number of halogens is 3. The van der Waals surface area contributed by atoms with E-state index in [1.807, 2.05) is 23.1 Å². The summed E-state index contributed by atoms with van der Waals surface area (Å²) in [6, 6.07) is 7.90. The lowest BCUT2D eigenvalue weighted by Crippen LogP contribution is -2.49. The highest BCUT2D eigenvalue weighted by Crippen LogP contribution is 2.13. The Morgan fingerprint density at radius 1 is 1.20 bits per heavy atom. The van der Waals surface area contributed by atoms with Gasteiger partial charge in [0.15, 0.2) is 0 Å². The molecule has 0 aromatic heterocycles. The molecule has 2 N–H and O–H groups in total. The molecule has 0 radical (unpaired) electrons. The Morgan fingerprint density at radius 3 is 2.40 bits per heavy atom. The second-order valence-corrected chi connectivity index (χ2v) is 4.93. The van der Waals surface area contributed by atoms with Crippen LogP contribution < -0.4 is 5.73 Å². The van der Waals surface area contributed by atoms with Gasteiger partial charge in [-0.1, -0.05) is 23.7 Å². The van der Waals surface area contributed by atoms with E-state index >= 15 is 0 Å². The molecule has 0 atom stereocenters. The maximum Gasteiger partial charge on any atom is 0.236 e. The van der Waals surface area contributed by atoms with Gasteiger partial charge >= 0.3 is 0 Å². The minimum atomic E-state index is 0. The molecule has 0 bridgehead atoms. The van der Waals surface area contributed by atoms with Crippen LogP contribution in [0.2, 0.25) is 5.02 Å². The Bertz CT molecular complexity index is 423. The van der Waals surface area contributed by atoms with Gasteiger partial charge in [0.25, 0.3) is 0 Å². The Kier molecular flexibility index (Phi) is 9.18. The van der Waals surface area contributed by atoms with Crippen LogP contribution >= 0.6 is 36.4 Å². The van der Waals surface area contributed by atoms with Crippen molar-refractivity contribution in [3.63, 3.8) is 0 Å². The largest absolute Gasteiger partial charge is 0.339 e. The first kappa shape index (κ1) is 19.5. The van der Waals surface area contributed by atoms with Gasteiger partial charge in [-0.2, -0.15) is 0 Å². The summed E-state index contributed by atoms with van der Waals surface area (Å²) < 4.78 is 0. The summed E-state index contributed by atoms with van der Waals surface area (Å²) in [6.07, 6.45) is 0. The molecule has 1 aromatic carbocycles. The molecule has 1 saturated heterocycles. The van der Waals surface area contributed by atoms with Crippen molar-refractivity contribution in [2.24, 2.45) is 5.73 Å². The molecule has 1 aliphatic rings. The SMILES string of the molecule is Cl.Cl.NCC(=O)N1CCN(Cc2cccc(Cl)c2)CC1. The topological polar surface area (TPSA) is 49.6 Å². The van der Waals surface area contributed by atoms with Gasteiger partial charge in [0.2, 0.25) is 5.91 Å². The predicted octanol–water partition coefficient (Wildman–Crippen LogP) is 1.79. The number of hydrogen-bond donors (Lipinski definition) is 1. The first-order chi connectivity index (χ1) is 8.69. The van der Waals surface area contributed by atoms with Gasteiger partial charge in [-0.15, -0.1) is 24.8 Å². The van der Waals surface area contributed by atoms with Gasteiger partial charge in [0.1, 0.15) is 0 Å². The van der Waals surface area contributed by atoms with Gasteiger partial charge in [-0.3, -0.25) is 9.69 Å². The van der Waals surface area contributed by atoms with E-state index in [1.54, 1.807) is 0 Å². The number of carbonyl (C=O) groups is 1. The van der Waals surface area contributed by atoms with E-state index in [4.69, 9.17) is 17.3 Å². The third-order valence-electron chi connectivity index (χ3n) is 3.19. The van der Waals surface area contributed by atoms with Gasteiger partial charge in [0.05, 0.1) is 6.54 Å². The third kappa shape index (κ3) is 5.46. The first-order valence-electron chi connectivity index (χ1n) is 6.13. The van der Waals surface area contributed by atoms with Crippen molar-refractivity contribution in [1.29, 1.82) is 0 Å². The lowest BCUT2D eigenvalue weighted by atomic mass is 10.2. The summed E-state index contributed by atoms with van der Waals surface area (Å²) in [5.74, 6) is 0.0393. The fourth-order valence-electron chi connectivity index (χ4n) is 2.18. The summed E-state index contributed by atoms with van der Waals surface area (Å²) in [6.45, 7) is 4.28. The number of benzene rings is 1. The standard InChI is InChI=1S/C13H18ClN3O.2ClH/c14-12-3-1-2-11(8-12)10-16-4-6-17(7-5-16)13(18)9-15;;/h1-3,8H,4-7,9-10,15H2;2*1H. The molecule has 0 saturated carbocycles. The Balaban J connectivity index is 0.00000180. The van der Waals surface area contributed by atoms with Crippen LogP contribution in [0.1, 0.15) is 5.56 Å². The molecule has 7 heteroatoms. The van der Waals surface area contributed by atoms with Crippen molar-refractivity contribution >= 4 is 42.3 Å². The van der Waals surface area contributed by atoms with Crippen LogP contribution in [0.25, 0.3) is 0 Å². The fraction of sp³-hybridized carbons (Fsp3) is 0.462. The molecular weight excluding hydrogens is 321 g/mol. The number of piperazine rings is 1. The van der Waals surface area contributed by atoms with E-state index in [0.717, 1.165) is 37.7 Å². The van der Waals surface area contributed by atoms with E-state index in [-0.39, 0.29) is 37.3 Å². The van der Waals surface area contributed by atoms with E-state index in [9.17, 15) is 4.79 Å². The third-order valence-corrected chi connectivity index (χ3v) is 3.43. The number of nitrogens with two attached hydrogens (primary N) is 1. The van der Waals surface area contributed by atoms with Crippen LogP contribution in [0.4, 0.5) is 0 Å². The van der Waals surface area contributed by atoms with Crippen LogP contribution in [-0.4, -0.2) is 48.4 Å². The highest BCUT2D eigenvalue weighted by molar-refractivity contribution is 6.30. The van der Waals surface area contributed by atoms with Crippen LogP contribution in [-0.2, 0) is 11.3 Å². The summed E-state index contributed by atoms with van der Waals surface area (Å²) >= 11 is 5.96. The van der Waals surface area contributed by atoms with Gasteiger partial charge in [-0.25, -0.2) is 0 Å². The van der Waals surface area contributed by atoms with Crippen LogP contribution in [0, 0.1) is 0 Å². The molecule has 1 amide bonds. The number of carbonyl (C=O) groups excluding carboxylic acids is 1. The lowest BCUT2D eigenvalue weighted by Gasteiger charge is -2.34. The Hall–Kier alpha value is -0.520. The Labute approximate surface area is 137 Å². The van der Waals surface area contributed by atoms with Crippen molar-refractivity contribution in [3.8, 4) is 0 Å². The molecule has 4 nitrogen and oxygen atoms in total. The maximum absolute atomic E-state index is 11.4. The molecule has 1 aromatic rings. The number of amides is 1. The zero-order chi connectivity index (χ0) is 13.0. The summed E-state index contributed by atoms with van der Waals surface area (Å²) in [4.78, 5) is 15.6. The van der Waals surface area contributed by atoms with Gasteiger partial charge in [-0.05, 0) is 17.7 Å². The fourth-order valence-corrected chi connectivity index (χ4v) is 2.39. The monoisotopic (exact) mass is 339 g/mol. The van der Waals surface area contributed by atoms with Crippen LogP contribution in [0.3, 0.4) is 0 Å². The molecule has 1 fully saturated rings. The van der Waals surface area contributed by atoms with Crippen molar-refractivity contribution in [1.82, 2.24) is 9.80 Å². The minimum Gasteiger partial charge on any atom is -0.339 e. The molecule has 1 aliphatic heterocycles. The second kappa shape index (κ2) is 9.42. The molecule has 0 spiro atoms. The van der Waals surface area contributed by atoms with Gasteiger partial charge < -0.3 is 10.6 Å². The quantitative estimate of drug-likeness (QED) is 0.912. The van der Waals surface area contributed by atoms with E-state index < -0.39 is 0 Å². The molecule has 0 unspecified atom stereocenters. The van der Waals surface area contributed by atoms with Crippen molar-refractivity contribution < 1.29 is 4.79 Å². The average molecular weight is 341 g/mol. The minimum absolute atomic E-state index is 0. The summed E-state index contributed by atoms with van der Waals surface area (Å²) in [7, 11) is 0. The van der Waals surface area contributed by atoms with E-state index in [1.165, 1.54) is 5.56 Å². The van der Waals surface area contributed by atoms with E-state index in [2.05, 4.69) is 11.0 Å². The zero-order valence-corrected chi connectivity index (χ0v) is 13.5. The zero-order valence-electron chi connectivity index (χ0n) is 11.1.